The van der Waals surface area contributed by atoms with E-state index in [1.54, 1.807) is 49.0 Å². The minimum absolute atomic E-state index is 0.151. The highest BCUT2D eigenvalue weighted by atomic mass is 19.1. The minimum Gasteiger partial charge on any atom is -0.497 e. The second-order valence-electron chi connectivity index (χ2n) is 8.43. The molecular formula is C28H25FN6O4. The van der Waals surface area contributed by atoms with Crippen molar-refractivity contribution in [3.8, 4) is 28.7 Å². The van der Waals surface area contributed by atoms with Crippen LogP contribution < -0.4 is 10.1 Å². The van der Waals surface area contributed by atoms with Crippen LogP contribution in [0.15, 0.2) is 77.6 Å². The molecular weight excluding hydrogens is 503 g/mol. The van der Waals surface area contributed by atoms with Crippen LogP contribution in [0.5, 0.6) is 5.75 Å². The summed E-state index contributed by atoms with van der Waals surface area (Å²) >= 11 is 0. The maximum atomic E-state index is 14.4. The summed E-state index contributed by atoms with van der Waals surface area (Å²) in [4.78, 5) is 21.6. The van der Waals surface area contributed by atoms with Gasteiger partial charge >= 0.3 is 5.97 Å². The van der Waals surface area contributed by atoms with Crippen molar-refractivity contribution in [2.75, 3.05) is 19.0 Å². The Morgan fingerprint density at radius 1 is 1.10 bits per heavy atom. The second-order valence-corrected chi connectivity index (χ2v) is 8.43. The molecule has 5 rings (SSSR count). The van der Waals surface area contributed by atoms with Crippen LogP contribution in [0.25, 0.3) is 22.9 Å². The van der Waals surface area contributed by atoms with Crippen LogP contribution in [-0.2, 0) is 17.8 Å². The van der Waals surface area contributed by atoms with Crippen molar-refractivity contribution in [1.82, 2.24) is 24.9 Å². The monoisotopic (exact) mass is 528 g/mol. The van der Waals surface area contributed by atoms with Gasteiger partial charge in [0.15, 0.2) is 5.82 Å². The molecule has 0 spiro atoms. The molecule has 0 bridgehead atoms. The molecule has 0 amide bonds. The normalized spacial score (nSPS) is 10.8. The van der Waals surface area contributed by atoms with Crippen molar-refractivity contribution >= 4 is 11.8 Å². The molecule has 11 heteroatoms. The third-order valence-electron chi connectivity index (χ3n) is 5.89. The van der Waals surface area contributed by atoms with E-state index in [2.05, 4.69) is 25.5 Å². The molecule has 1 N–H and O–H groups in total. The van der Waals surface area contributed by atoms with Crippen molar-refractivity contribution in [2.45, 2.75) is 20.0 Å². The summed E-state index contributed by atoms with van der Waals surface area (Å²) in [5.74, 6) is 0.401. The molecule has 0 aliphatic carbocycles. The maximum absolute atomic E-state index is 14.4. The van der Waals surface area contributed by atoms with Crippen LogP contribution >= 0.6 is 0 Å². The van der Waals surface area contributed by atoms with Gasteiger partial charge in [0.05, 0.1) is 26.0 Å². The molecule has 198 valence electrons. The first-order chi connectivity index (χ1) is 19.1. The Kier molecular flexibility index (Phi) is 7.58. The van der Waals surface area contributed by atoms with Crippen molar-refractivity contribution < 1.29 is 23.2 Å². The number of anilines is 1. The first-order valence-corrected chi connectivity index (χ1v) is 12.2. The Morgan fingerprint density at radius 3 is 2.64 bits per heavy atom. The lowest BCUT2D eigenvalue weighted by Crippen LogP contribution is -2.13. The Labute approximate surface area is 223 Å². The van der Waals surface area contributed by atoms with E-state index in [1.807, 2.05) is 24.3 Å². The first-order valence-electron chi connectivity index (χ1n) is 12.2. The minimum atomic E-state index is -0.547. The third-order valence-corrected chi connectivity index (χ3v) is 5.89. The van der Waals surface area contributed by atoms with Gasteiger partial charge in [0.1, 0.15) is 40.6 Å². The van der Waals surface area contributed by atoms with Gasteiger partial charge in [-0.15, -0.1) is 0 Å². The average Bonchev–Trinajstić information content (AvgIpc) is 3.64. The number of benzene rings is 2. The van der Waals surface area contributed by atoms with Crippen LogP contribution in [-0.4, -0.2) is 44.6 Å². The second kappa shape index (κ2) is 11.5. The smallest absolute Gasteiger partial charge is 0.343 e. The van der Waals surface area contributed by atoms with E-state index in [0.29, 0.717) is 35.0 Å². The highest BCUT2D eigenvalue weighted by molar-refractivity contribution is 5.94. The summed E-state index contributed by atoms with van der Waals surface area (Å²) in [5.41, 5.74) is 3.12. The van der Waals surface area contributed by atoms with Crippen LogP contribution in [0.1, 0.15) is 28.4 Å². The molecule has 0 radical (unpaired) electrons. The number of hydrogen-bond donors (Lipinski definition) is 1. The van der Waals surface area contributed by atoms with Crippen LogP contribution in [0.4, 0.5) is 10.2 Å². The van der Waals surface area contributed by atoms with Crippen molar-refractivity contribution in [2.24, 2.45) is 0 Å². The molecule has 0 saturated carbocycles. The molecule has 2 aromatic carbocycles. The third kappa shape index (κ3) is 5.77. The fourth-order valence-electron chi connectivity index (χ4n) is 3.91. The lowest BCUT2D eigenvalue weighted by atomic mass is 10.2. The van der Waals surface area contributed by atoms with E-state index in [4.69, 9.17) is 14.0 Å². The van der Waals surface area contributed by atoms with Crippen molar-refractivity contribution in [3.63, 3.8) is 0 Å². The van der Waals surface area contributed by atoms with E-state index < -0.39 is 5.97 Å². The Hall–Kier alpha value is -5.06. The lowest BCUT2D eigenvalue weighted by Gasteiger charge is -2.11. The quantitative estimate of drug-likeness (QED) is 0.250. The van der Waals surface area contributed by atoms with Crippen LogP contribution in [0, 0.1) is 5.82 Å². The Bertz CT molecular complexity index is 1570. The van der Waals surface area contributed by atoms with Gasteiger partial charge in [-0.3, -0.25) is 4.68 Å². The predicted molar refractivity (Wildman–Crippen MR) is 141 cm³/mol. The molecule has 0 aliphatic rings. The Balaban J connectivity index is 1.50. The molecule has 0 fully saturated rings. The summed E-state index contributed by atoms with van der Waals surface area (Å²) in [6.07, 6.45) is 2.85. The summed E-state index contributed by atoms with van der Waals surface area (Å²) < 4.78 is 31.5. The number of esters is 1. The van der Waals surface area contributed by atoms with E-state index in [1.165, 1.54) is 18.5 Å². The van der Waals surface area contributed by atoms with Crippen LogP contribution in [0.2, 0.25) is 0 Å². The fraction of sp³-hybridized carbons (Fsp3) is 0.179. The number of nitrogens with zero attached hydrogens (tertiary/aromatic N) is 5. The molecule has 0 atom stereocenters. The van der Waals surface area contributed by atoms with Crippen LogP contribution in [0.3, 0.4) is 0 Å². The predicted octanol–water partition coefficient (Wildman–Crippen LogP) is 4.98. The zero-order valence-corrected chi connectivity index (χ0v) is 21.3. The average molecular weight is 529 g/mol. The number of methoxy groups -OCH3 is 1. The van der Waals surface area contributed by atoms with Gasteiger partial charge in [0, 0.05) is 24.4 Å². The van der Waals surface area contributed by atoms with E-state index in [-0.39, 0.29) is 30.4 Å². The molecule has 5 aromatic rings. The van der Waals surface area contributed by atoms with Crippen molar-refractivity contribution in [1.29, 1.82) is 0 Å². The first kappa shape index (κ1) is 25.6. The summed E-state index contributed by atoms with van der Waals surface area (Å²) in [5, 5.41) is 11.9. The summed E-state index contributed by atoms with van der Waals surface area (Å²) in [7, 11) is 1.60. The van der Waals surface area contributed by atoms with Gasteiger partial charge in [-0.1, -0.05) is 35.5 Å². The maximum Gasteiger partial charge on any atom is 0.343 e. The number of rotatable bonds is 10. The highest BCUT2D eigenvalue weighted by Crippen LogP contribution is 2.27. The number of carbonyl (C=O) groups is 1. The highest BCUT2D eigenvalue weighted by Gasteiger charge is 2.20. The van der Waals surface area contributed by atoms with E-state index in [9.17, 15) is 9.18 Å². The molecule has 0 unspecified atom stereocenters. The number of hydrogen-bond acceptors (Lipinski definition) is 9. The topological polar surface area (TPSA) is 117 Å². The molecule has 39 heavy (non-hydrogen) atoms. The number of aromatic nitrogens is 5. The lowest BCUT2D eigenvalue weighted by molar-refractivity contribution is 0.0526. The van der Waals surface area contributed by atoms with Gasteiger partial charge in [-0.2, -0.15) is 5.10 Å². The molecule has 10 nitrogen and oxygen atoms in total. The summed E-state index contributed by atoms with van der Waals surface area (Å²) in [6.45, 7) is 2.47. The van der Waals surface area contributed by atoms with E-state index in [0.717, 1.165) is 11.3 Å². The fourth-order valence-corrected chi connectivity index (χ4v) is 3.91. The molecule has 0 aliphatic heterocycles. The van der Waals surface area contributed by atoms with Gasteiger partial charge in [0.25, 0.3) is 0 Å². The van der Waals surface area contributed by atoms with Gasteiger partial charge < -0.3 is 19.3 Å². The number of ether oxygens (including phenoxy) is 2. The SMILES string of the molecule is CCOC(=O)c1cnc(-c2cc(-c3ccon3)n(Cc3ccccc3F)n2)nc1NCc1ccc(OC)cc1. The Morgan fingerprint density at radius 2 is 1.92 bits per heavy atom. The molecule has 3 aromatic heterocycles. The zero-order chi connectivity index (χ0) is 27.2. The van der Waals surface area contributed by atoms with E-state index >= 15 is 0 Å². The molecule has 3 heterocycles. The largest absolute Gasteiger partial charge is 0.497 e. The summed E-state index contributed by atoms with van der Waals surface area (Å²) in [6, 6.07) is 17.4. The molecule has 0 saturated heterocycles. The number of halogens is 1. The standard InChI is InChI=1S/C28H25FN6O4/c1-3-38-28(36)21-16-31-27(32-26(21)30-15-18-8-10-20(37-2)11-9-18)24-14-25(23-12-13-39-34-23)35(33-24)17-19-6-4-5-7-22(19)29/h4-14,16H,3,15,17H2,1-2H3,(H,30,31,32). The van der Waals surface area contributed by atoms with Gasteiger partial charge in [-0.05, 0) is 36.8 Å². The number of carbonyl (C=O) groups excluding carboxylic acids is 1. The van der Waals surface area contributed by atoms with Crippen molar-refractivity contribution in [3.05, 3.63) is 95.6 Å². The zero-order valence-electron chi connectivity index (χ0n) is 21.3. The van der Waals surface area contributed by atoms with Gasteiger partial charge in [-0.25, -0.2) is 19.2 Å². The van der Waals surface area contributed by atoms with Gasteiger partial charge in [0.2, 0.25) is 0 Å². The number of nitrogens with one attached hydrogen (secondary N) is 1.